The topological polar surface area (TPSA) is 54.0 Å². The number of anilines is 1. The highest BCUT2D eigenvalue weighted by atomic mass is 16.5. The van der Waals surface area contributed by atoms with E-state index in [0.29, 0.717) is 24.5 Å². The molecule has 2 aromatic carbocycles. The van der Waals surface area contributed by atoms with Gasteiger partial charge in [-0.1, -0.05) is 24.3 Å². The van der Waals surface area contributed by atoms with Gasteiger partial charge in [0.05, 0.1) is 14.2 Å². The van der Waals surface area contributed by atoms with Crippen LogP contribution < -0.4 is 19.7 Å². The second-order valence-electron chi connectivity index (χ2n) is 7.20. The van der Waals surface area contributed by atoms with Crippen LogP contribution in [0.4, 0.5) is 5.69 Å². The lowest BCUT2D eigenvalue weighted by Crippen LogP contribution is -2.47. The molecule has 0 saturated carbocycles. The number of amides is 1. The zero-order valence-corrected chi connectivity index (χ0v) is 17.4. The summed E-state index contributed by atoms with van der Waals surface area (Å²) in [6.45, 7) is 5.43. The van der Waals surface area contributed by atoms with Gasteiger partial charge in [-0.3, -0.25) is 9.69 Å². The minimum atomic E-state index is 0.107. The fraction of sp³-hybridized carbons (Fsp3) is 0.435. The Balaban J connectivity index is 1.33. The molecule has 0 atom stereocenters. The van der Waals surface area contributed by atoms with Crippen molar-refractivity contribution in [2.24, 2.45) is 0 Å². The third-order valence-electron chi connectivity index (χ3n) is 5.33. The highest BCUT2D eigenvalue weighted by Crippen LogP contribution is 2.27. The average Bonchev–Trinajstić information content (AvgIpc) is 2.78. The molecule has 0 radical (unpaired) electrons. The standard InChI is InChI=1S/C23H31N3O3/c1-28-21-9-8-19(18-22(21)29-2)10-12-24-23(27)11-13-25-14-16-26(17-15-25)20-6-4-3-5-7-20/h3-9,18H,10-17H2,1-2H3,(H,24,27). The van der Waals surface area contributed by atoms with E-state index in [1.54, 1.807) is 14.2 Å². The van der Waals surface area contributed by atoms with Crippen LogP contribution in [0.3, 0.4) is 0 Å². The van der Waals surface area contributed by atoms with Crippen molar-refractivity contribution in [1.29, 1.82) is 0 Å². The maximum absolute atomic E-state index is 12.2. The van der Waals surface area contributed by atoms with Gasteiger partial charge in [-0.15, -0.1) is 0 Å². The van der Waals surface area contributed by atoms with Crippen molar-refractivity contribution in [1.82, 2.24) is 10.2 Å². The van der Waals surface area contributed by atoms with E-state index in [1.165, 1.54) is 5.69 Å². The summed E-state index contributed by atoms with van der Waals surface area (Å²) in [7, 11) is 3.25. The smallest absolute Gasteiger partial charge is 0.221 e. The summed E-state index contributed by atoms with van der Waals surface area (Å²) in [6, 6.07) is 16.4. The minimum absolute atomic E-state index is 0.107. The quantitative estimate of drug-likeness (QED) is 0.705. The van der Waals surface area contributed by atoms with Crippen LogP contribution in [0, 0.1) is 0 Å². The predicted octanol–water partition coefficient (Wildman–Crippen LogP) is 2.57. The first kappa shape index (κ1) is 21.0. The van der Waals surface area contributed by atoms with Crippen LogP contribution in [0.25, 0.3) is 0 Å². The zero-order valence-electron chi connectivity index (χ0n) is 17.4. The molecule has 1 saturated heterocycles. The summed E-state index contributed by atoms with van der Waals surface area (Å²) >= 11 is 0. The summed E-state index contributed by atoms with van der Waals surface area (Å²) in [4.78, 5) is 17.0. The number of hydrogen-bond donors (Lipinski definition) is 1. The van der Waals surface area contributed by atoms with Gasteiger partial charge in [0.2, 0.25) is 5.91 Å². The molecular formula is C23H31N3O3. The van der Waals surface area contributed by atoms with Gasteiger partial charge in [0.1, 0.15) is 0 Å². The highest BCUT2D eigenvalue weighted by Gasteiger charge is 2.17. The Bertz CT molecular complexity index is 774. The number of piperazine rings is 1. The van der Waals surface area contributed by atoms with Crippen LogP contribution in [0.5, 0.6) is 11.5 Å². The minimum Gasteiger partial charge on any atom is -0.493 e. The van der Waals surface area contributed by atoms with Gasteiger partial charge in [-0.2, -0.15) is 0 Å². The number of hydrogen-bond acceptors (Lipinski definition) is 5. The number of nitrogens with zero attached hydrogens (tertiary/aromatic N) is 2. The van der Waals surface area contributed by atoms with Crippen molar-refractivity contribution >= 4 is 11.6 Å². The normalized spacial score (nSPS) is 14.5. The summed E-state index contributed by atoms with van der Waals surface area (Å²) in [5, 5.41) is 3.02. The molecule has 1 heterocycles. The lowest BCUT2D eigenvalue weighted by molar-refractivity contribution is -0.121. The third-order valence-corrected chi connectivity index (χ3v) is 5.33. The molecule has 1 fully saturated rings. The van der Waals surface area contributed by atoms with E-state index in [4.69, 9.17) is 9.47 Å². The third kappa shape index (κ3) is 6.12. The number of methoxy groups -OCH3 is 2. The fourth-order valence-electron chi connectivity index (χ4n) is 3.60. The van der Waals surface area contributed by atoms with Crippen LogP contribution in [0.2, 0.25) is 0 Å². The Morgan fingerprint density at radius 1 is 0.966 bits per heavy atom. The van der Waals surface area contributed by atoms with Gasteiger partial charge in [-0.25, -0.2) is 0 Å². The number of nitrogens with one attached hydrogen (secondary N) is 1. The first-order valence-corrected chi connectivity index (χ1v) is 10.2. The van der Waals surface area contributed by atoms with Gasteiger partial charge in [0.15, 0.2) is 11.5 Å². The lowest BCUT2D eigenvalue weighted by Gasteiger charge is -2.36. The van der Waals surface area contributed by atoms with E-state index >= 15 is 0 Å². The van der Waals surface area contributed by atoms with Gasteiger partial charge in [0.25, 0.3) is 0 Å². The molecule has 0 aliphatic carbocycles. The van der Waals surface area contributed by atoms with E-state index in [9.17, 15) is 4.79 Å². The fourth-order valence-corrected chi connectivity index (χ4v) is 3.60. The summed E-state index contributed by atoms with van der Waals surface area (Å²) in [5.41, 5.74) is 2.39. The largest absolute Gasteiger partial charge is 0.493 e. The number of ether oxygens (including phenoxy) is 2. The SMILES string of the molecule is COc1ccc(CCNC(=O)CCN2CCN(c3ccccc3)CC2)cc1OC. The number of benzene rings is 2. The summed E-state index contributed by atoms with van der Waals surface area (Å²) in [5.74, 6) is 1.54. The van der Waals surface area contributed by atoms with Gasteiger partial charge in [0, 0.05) is 51.4 Å². The molecule has 2 aromatic rings. The number of carbonyl (C=O) groups excluding carboxylic acids is 1. The van der Waals surface area contributed by atoms with Crippen molar-refractivity contribution in [3.63, 3.8) is 0 Å². The molecule has 6 heteroatoms. The van der Waals surface area contributed by atoms with Crippen LogP contribution in [-0.2, 0) is 11.2 Å². The monoisotopic (exact) mass is 397 g/mol. The van der Waals surface area contributed by atoms with E-state index in [0.717, 1.165) is 44.7 Å². The second-order valence-corrected chi connectivity index (χ2v) is 7.20. The molecule has 29 heavy (non-hydrogen) atoms. The van der Waals surface area contributed by atoms with Crippen molar-refractivity contribution in [2.75, 3.05) is 58.4 Å². The molecule has 1 N–H and O–H groups in total. The number of para-hydroxylation sites is 1. The Labute approximate surface area is 173 Å². The van der Waals surface area contributed by atoms with E-state index in [2.05, 4.69) is 39.4 Å². The highest BCUT2D eigenvalue weighted by molar-refractivity contribution is 5.76. The first-order chi connectivity index (χ1) is 14.2. The molecule has 0 spiro atoms. The summed E-state index contributed by atoms with van der Waals surface area (Å²) < 4.78 is 10.6. The zero-order chi connectivity index (χ0) is 20.5. The Hall–Kier alpha value is -2.73. The molecule has 0 bridgehead atoms. The molecule has 3 rings (SSSR count). The number of carbonyl (C=O) groups is 1. The first-order valence-electron chi connectivity index (χ1n) is 10.2. The van der Waals surface area contributed by atoms with Crippen molar-refractivity contribution in [2.45, 2.75) is 12.8 Å². The maximum atomic E-state index is 12.2. The van der Waals surface area contributed by atoms with Crippen molar-refractivity contribution < 1.29 is 14.3 Å². The molecule has 0 aromatic heterocycles. The molecule has 6 nitrogen and oxygen atoms in total. The Morgan fingerprint density at radius 2 is 1.69 bits per heavy atom. The molecule has 0 unspecified atom stereocenters. The van der Waals surface area contributed by atoms with Crippen LogP contribution in [0.1, 0.15) is 12.0 Å². The molecular weight excluding hydrogens is 366 g/mol. The predicted molar refractivity (Wildman–Crippen MR) is 116 cm³/mol. The van der Waals surface area contributed by atoms with Gasteiger partial charge >= 0.3 is 0 Å². The van der Waals surface area contributed by atoms with Crippen LogP contribution in [-0.4, -0.2) is 64.3 Å². The Kier molecular flexibility index (Phi) is 7.76. The van der Waals surface area contributed by atoms with Crippen molar-refractivity contribution in [3.8, 4) is 11.5 Å². The van der Waals surface area contributed by atoms with Gasteiger partial charge in [-0.05, 0) is 36.2 Å². The lowest BCUT2D eigenvalue weighted by atomic mass is 10.1. The maximum Gasteiger partial charge on any atom is 0.221 e. The van der Waals surface area contributed by atoms with E-state index in [-0.39, 0.29) is 5.91 Å². The number of rotatable bonds is 9. The second kappa shape index (κ2) is 10.7. The molecule has 1 amide bonds. The van der Waals surface area contributed by atoms with Crippen molar-refractivity contribution in [3.05, 3.63) is 54.1 Å². The van der Waals surface area contributed by atoms with E-state index in [1.807, 2.05) is 24.3 Å². The summed E-state index contributed by atoms with van der Waals surface area (Å²) in [6.07, 6.45) is 1.30. The Morgan fingerprint density at radius 3 is 2.38 bits per heavy atom. The van der Waals surface area contributed by atoms with Crippen LogP contribution in [0.15, 0.2) is 48.5 Å². The van der Waals surface area contributed by atoms with Gasteiger partial charge < -0.3 is 19.7 Å². The molecule has 156 valence electrons. The van der Waals surface area contributed by atoms with E-state index < -0.39 is 0 Å². The molecule has 1 aliphatic rings. The van der Waals surface area contributed by atoms with Crippen LogP contribution >= 0.6 is 0 Å². The average molecular weight is 398 g/mol. The molecule has 1 aliphatic heterocycles.